The van der Waals surface area contributed by atoms with Gasteiger partial charge in [0.25, 0.3) is 0 Å². The lowest BCUT2D eigenvalue weighted by molar-refractivity contribution is 0.0302. The van der Waals surface area contributed by atoms with Crippen LogP contribution < -0.4 is 4.90 Å². The van der Waals surface area contributed by atoms with Crippen molar-refractivity contribution in [1.82, 2.24) is 9.97 Å². The van der Waals surface area contributed by atoms with Crippen molar-refractivity contribution >= 4 is 5.82 Å². The molecule has 2 saturated heterocycles. The number of aromatic nitrogens is 2. The summed E-state index contributed by atoms with van der Waals surface area (Å²) in [5.74, 6) is 1.51. The van der Waals surface area contributed by atoms with Gasteiger partial charge in [-0.15, -0.1) is 0 Å². The topological polar surface area (TPSA) is 38.2 Å². The fourth-order valence-corrected chi connectivity index (χ4v) is 2.65. The molecule has 2 atom stereocenters. The van der Waals surface area contributed by atoms with Crippen molar-refractivity contribution in [3.05, 3.63) is 18.1 Å². The van der Waals surface area contributed by atoms with Crippen LogP contribution in [-0.2, 0) is 4.74 Å². The van der Waals surface area contributed by atoms with E-state index >= 15 is 0 Å². The van der Waals surface area contributed by atoms with Crippen molar-refractivity contribution in [2.45, 2.75) is 44.8 Å². The number of hydrogen-bond donors (Lipinski definition) is 0. The fourth-order valence-electron chi connectivity index (χ4n) is 2.65. The standard InChI is InChI=1S/C13H19N3O/c1-9(2)12-5-13(15-8-14-12)16-6-10-3-4-11(7-16)17-10/h5,8-11H,3-4,6-7H2,1-2H3/t10-,11+. The van der Waals surface area contributed by atoms with E-state index in [1.165, 1.54) is 12.8 Å². The van der Waals surface area contributed by atoms with Gasteiger partial charge in [0.05, 0.1) is 12.2 Å². The highest BCUT2D eigenvalue weighted by atomic mass is 16.5. The molecule has 0 N–H and O–H groups in total. The number of nitrogens with zero attached hydrogens (tertiary/aromatic N) is 3. The van der Waals surface area contributed by atoms with Gasteiger partial charge in [-0.2, -0.15) is 0 Å². The average Bonchev–Trinajstić information content (AvgIpc) is 2.68. The Bertz CT molecular complexity index is 395. The van der Waals surface area contributed by atoms with Gasteiger partial charge in [-0.05, 0) is 18.8 Å². The molecule has 2 fully saturated rings. The first-order valence-corrected chi connectivity index (χ1v) is 6.44. The van der Waals surface area contributed by atoms with Crippen LogP contribution in [0.5, 0.6) is 0 Å². The molecule has 2 aliphatic heterocycles. The summed E-state index contributed by atoms with van der Waals surface area (Å²) in [6, 6.07) is 2.12. The van der Waals surface area contributed by atoms with E-state index in [2.05, 4.69) is 34.8 Å². The monoisotopic (exact) mass is 233 g/mol. The molecule has 92 valence electrons. The summed E-state index contributed by atoms with van der Waals surface area (Å²) in [7, 11) is 0. The van der Waals surface area contributed by atoms with Crippen LogP contribution in [0.1, 0.15) is 38.3 Å². The molecule has 3 rings (SSSR count). The average molecular weight is 233 g/mol. The molecule has 0 spiro atoms. The molecule has 0 aliphatic carbocycles. The van der Waals surface area contributed by atoms with Crippen LogP contribution in [0, 0.1) is 0 Å². The molecule has 3 heterocycles. The molecule has 1 aromatic heterocycles. The Morgan fingerprint density at radius 3 is 2.59 bits per heavy atom. The third kappa shape index (κ3) is 2.14. The lowest BCUT2D eigenvalue weighted by Crippen LogP contribution is -2.43. The number of fused-ring (bicyclic) bond motifs is 2. The minimum absolute atomic E-state index is 0.409. The van der Waals surface area contributed by atoms with Crippen molar-refractivity contribution < 1.29 is 4.74 Å². The Labute approximate surface area is 102 Å². The van der Waals surface area contributed by atoms with Crippen LogP contribution >= 0.6 is 0 Å². The molecule has 0 amide bonds. The van der Waals surface area contributed by atoms with Gasteiger partial charge in [-0.25, -0.2) is 9.97 Å². The normalized spacial score (nSPS) is 27.8. The van der Waals surface area contributed by atoms with Crippen LogP contribution in [0.3, 0.4) is 0 Å². The molecule has 0 saturated carbocycles. The molecular weight excluding hydrogens is 214 g/mol. The van der Waals surface area contributed by atoms with Gasteiger partial charge in [-0.1, -0.05) is 13.8 Å². The first-order valence-electron chi connectivity index (χ1n) is 6.44. The Hall–Kier alpha value is -1.16. The maximum atomic E-state index is 5.84. The highest BCUT2D eigenvalue weighted by Gasteiger charge is 2.34. The molecule has 4 heteroatoms. The molecule has 2 aliphatic rings. The van der Waals surface area contributed by atoms with Gasteiger partial charge in [0.2, 0.25) is 0 Å². The van der Waals surface area contributed by atoms with Gasteiger partial charge < -0.3 is 9.64 Å². The molecular formula is C13H19N3O. The maximum absolute atomic E-state index is 5.84. The van der Waals surface area contributed by atoms with E-state index in [1.54, 1.807) is 6.33 Å². The van der Waals surface area contributed by atoms with Gasteiger partial charge in [0, 0.05) is 24.8 Å². The Balaban J connectivity index is 1.81. The molecule has 17 heavy (non-hydrogen) atoms. The molecule has 0 unspecified atom stereocenters. The zero-order chi connectivity index (χ0) is 11.8. The highest BCUT2D eigenvalue weighted by Crippen LogP contribution is 2.29. The van der Waals surface area contributed by atoms with Crippen LogP contribution in [-0.4, -0.2) is 35.3 Å². The predicted molar refractivity (Wildman–Crippen MR) is 66.2 cm³/mol. The number of hydrogen-bond acceptors (Lipinski definition) is 4. The third-order valence-corrected chi connectivity index (χ3v) is 3.63. The molecule has 0 aromatic carbocycles. The lowest BCUT2D eigenvalue weighted by atomic mass is 10.1. The minimum Gasteiger partial charge on any atom is -0.371 e. The SMILES string of the molecule is CC(C)c1cc(N2C[C@H]3CC[C@@H](C2)O3)ncn1. The second-order valence-electron chi connectivity index (χ2n) is 5.32. The minimum atomic E-state index is 0.409. The zero-order valence-electron chi connectivity index (χ0n) is 10.5. The second-order valence-corrected chi connectivity index (χ2v) is 5.32. The quantitative estimate of drug-likeness (QED) is 0.782. The van der Waals surface area contributed by atoms with E-state index in [1.807, 2.05) is 0 Å². The van der Waals surface area contributed by atoms with Gasteiger partial charge >= 0.3 is 0 Å². The van der Waals surface area contributed by atoms with E-state index < -0.39 is 0 Å². The summed E-state index contributed by atoms with van der Waals surface area (Å²) in [6.07, 6.45) is 4.90. The van der Waals surface area contributed by atoms with E-state index in [4.69, 9.17) is 4.74 Å². The molecule has 0 radical (unpaired) electrons. The van der Waals surface area contributed by atoms with Gasteiger partial charge in [0.15, 0.2) is 0 Å². The summed E-state index contributed by atoms with van der Waals surface area (Å²) < 4.78 is 5.84. The van der Waals surface area contributed by atoms with Crippen LogP contribution in [0.2, 0.25) is 0 Å². The number of anilines is 1. The summed E-state index contributed by atoms with van der Waals surface area (Å²) in [5.41, 5.74) is 1.12. The van der Waals surface area contributed by atoms with Crippen LogP contribution in [0.15, 0.2) is 12.4 Å². The van der Waals surface area contributed by atoms with E-state index in [9.17, 15) is 0 Å². The largest absolute Gasteiger partial charge is 0.371 e. The first kappa shape index (κ1) is 11.0. The first-order chi connectivity index (χ1) is 8.22. The van der Waals surface area contributed by atoms with Crippen LogP contribution in [0.25, 0.3) is 0 Å². The highest BCUT2D eigenvalue weighted by molar-refractivity contribution is 5.40. The lowest BCUT2D eigenvalue weighted by Gasteiger charge is -2.33. The number of ether oxygens (including phenoxy) is 1. The molecule has 2 bridgehead atoms. The molecule has 4 nitrogen and oxygen atoms in total. The fraction of sp³-hybridized carbons (Fsp3) is 0.692. The smallest absolute Gasteiger partial charge is 0.132 e. The van der Waals surface area contributed by atoms with E-state index in [-0.39, 0.29) is 0 Å². The van der Waals surface area contributed by atoms with Crippen molar-refractivity contribution in [2.75, 3.05) is 18.0 Å². The Morgan fingerprint density at radius 2 is 1.94 bits per heavy atom. The summed E-state index contributed by atoms with van der Waals surface area (Å²) >= 11 is 0. The summed E-state index contributed by atoms with van der Waals surface area (Å²) in [5, 5.41) is 0. The van der Waals surface area contributed by atoms with E-state index in [0.29, 0.717) is 18.1 Å². The summed E-state index contributed by atoms with van der Waals surface area (Å²) in [6.45, 7) is 6.28. The van der Waals surface area contributed by atoms with Gasteiger partial charge in [0.1, 0.15) is 12.1 Å². The van der Waals surface area contributed by atoms with E-state index in [0.717, 1.165) is 24.6 Å². The predicted octanol–water partition coefficient (Wildman–Crippen LogP) is 1.97. The maximum Gasteiger partial charge on any atom is 0.132 e. The summed E-state index contributed by atoms with van der Waals surface area (Å²) in [4.78, 5) is 11.1. The third-order valence-electron chi connectivity index (χ3n) is 3.63. The Morgan fingerprint density at radius 1 is 1.24 bits per heavy atom. The Kier molecular flexibility index (Phi) is 2.74. The second kappa shape index (κ2) is 4.26. The van der Waals surface area contributed by atoms with Crippen LogP contribution in [0.4, 0.5) is 5.82 Å². The molecule has 1 aromatic rings. The van der Waals surface area contributed by atoms with Crippen molar-refractivity contribution in [3.8, 4) is 0 Å². The van der Waals surface area contributed by atoms with Gasteiger partial charge in [-0.3, -0.25) is 0 Å². The van der Waals surface area contributed by atoms with Crippen molar-refractivity contribution in [2.24, 2.45) is 0 Å². The van der Waals surface area contributed by atoms with Crippen molar-refractivity contribution in [1.29, 1.82) is 0 Å². The number of rotatable bonds is 2. The zero-order valence-corrected chi connectivity index (χ0v) is 10.5. The number of morpholine rings is 1. The van der Waals surface area contributed by atoms with Crippen molar-refractivity contribution in [3.63, 3.8) is 0 Å².